The van der Waals surface area contributed by atoms with Gasteiger partial charge in [-0.1, -0.05) is 25.7 Å². The van der Waals surface area contributed by atoms with Gasteiger partial charge in [0.1, 0.15) is 0 Å². The van der Waals surface area contributed by atoms with Gasteiger partial charge in [0.05, 0.1) is 6.54 Å². The van der Waals surface area contributed by atoms with Crippen LogP contribution in [0.1, 0.15) is 45.4 Å². The van der Waals surface area contributed by atoms with E-state index >= 15 is 0 Å². The summed E-state index contributed by atoms with van der Waals surface area (Å²) in [7, 11) is 0. The van der Waals surface area contributed by atoms with Crippen molar-refractivity contribution in [1.82, 2.24) is 0 Å². The Morgan fingerprint density at radius 1 is 1.07 bits per heavy atom. The fourth-order valence-electron chi connectivity index (χ4n) is 2.32. The van der Waals surface area contributed by atoms with Crippen molar-refractivity contribution in [2.45, 2.75) is 57.0 Å². The van der Waals surface area contributed by atoms with Crippen LogP contribution in [0.25, 0.3) is 0 Å². The van der Waals surface area contributed by atoms with Gasteiger partial charge >= 0.3 is 0 Å². The predicted octanol–water partition coefficient (Wildman–Crippen LogP) is 3.28. The first-order chi connectivity index (χ1) is 6.92. The molecule has 1 nitrogen and oxygen atoms in total. The number of hydrogen-bond donors (Lipinski definition) is 1. The van der Waals surface area contributed by atoms with Gasteiger partial charge in [-0.25, -0.2) is 13.2 Å². The van der Waals surface area contributed by atoms with Gasteiger partial charge in [-0.2, -0.15) is 0 Å². The Balaban J connectivity index is 2.73. The van der Waals surface area contributed by atoms with Gasteiger partial charge in [-0.05, 0) is 25.7 Å². The first-order valence-corrected chi connectivity index (χ1v) is 5.68. The Morgan fingerprint density at radius 3 is 1.93 bits per heavy atom. The summed E-state index contributed by atoms with van der Waals surface area (Å²) in [5.74, 6) is -3.94. The SMILES string of the molecule is CC(F)(C1CCCCCC1)C(F)(F)CN. The maximum atomic E-state index is 14.1. The quantitative estimate of drug-likeness (QED) is 0.730. The van der Waals surface area contributed by atoms with E-state index in [1.165, 1.54) is 0 Å². The fourth-order valence-corrected chi connectivity index (χ4v) is 2.32. The highest BCUT2D eigenvalue weighted by Crippen LogP contribution is 2.43. The van der Waals surface area contributed by atoms with Crippen molar-refractivity contribution in [2.75, 3.05) is 6.54 Å². The highest BCUT2D eigenvalue weighted by molar-refractivity contribution is 4.96. The van der Waals surface area contributed by atoms with Crippen LogP contribution in [0.3, 0.4) is 0 Å². The molecule has 0 aromatic heterocycles. The molecule has 0 spiro atoms. The number of halogens is 3. The third kappa shape index (κ3) is 2.65. The molecule has 15 heavy (non-hydrogen) atoms. The van der Waals surface area contributed by atoms with Crippen LogP contribution in [0.2, 0.25) is 0 Å². The van der Waals surface area contributed by atoms with Gasteiger partial charge in [-0.3, -0.25) is 0 Å². The van der Waals surface area contributed by atoms with Crippen molar-refractivity contribution in [3.8, 4) is 0 Å². The third-order valence-corrected chi connectivity index (χ3v) is 3.59. The molecule has 0 heterocycles. The van der Waals surface area contributed by atoms with Crippen LogP contribution >= 0.6 is 0 Å². The average Bonchev–Trinajstić information content (AvgIpc) is 2.45. The molecule has 1 rings (SSSR count). The molecular weight excluding hydrogens is 203 g/mol. The van der Waals surface area contributed by atoms with Gasteiger partial charge in [0, 0.05) is 0 Å². The number of alkyl halides is 3. The lowest BCUT2D eigenvalue weighted by Crippen LogP contribution is -2.51. The van der Waals surface area contributed by atoms with Crippen LogP contribution in [0, 0.1) is 5.92 Å². The van der Waals surface area contributed by atoms with Crippen molar-refractivity contribution in [1.29, 1.82) is 0 Å². The minimum absolute atomic E-state index is 0.543. The summed E-state index contributed by atoms with van der Waals surface area (Å²) in [4.78, 5) is 0. The van der Waals surface area contributed by atoms with Crippen molar-refractivity contribution in [3.63, 3.8) is 0 Å². The summed E-state index contributed by atoms with van der Waals surface area (Å²) in [6, 6.07) is 0. The zero-order chi connectivity index (χ0) is 11.5. The summed E-state index contributed by atoms with van der Waals surface area (Å²) in [5, 5.41) is 0. The molecule has 1 aliphatic rings. The minimum atomic E-state index is -3.40. The van der Waals surface area contributed by atoms with E-state index in [0.29, 0.717) is 12.8 Å². The van der Waals surface area contributed by atoms with Gasteiger partial charge in [-0.15, -0.1) is 0 Å². The van der Waals surface area contributed by atoms with Crippen molar-refractivity contribution >= 4 is 0 Å². The Morgan fingerprint density at radius 2 is 1.53 bits per heavy atom. The van der Waals surface area contributed by atoms with Crippen LogP contribution in [-0.2, 0) is 0 Å². The Hall–Kier alpha value is -0.250. The van der Waals surface area contributed by atoms with E-state index in [1.54, 1.807) is 0 Å². The zero-order valence-corrected chi connectivity index (χ0v) is 9.24. The molecule has 1 aliphatic carbocycles. The minimum Gasteiger partial charge on any atom is -0.325 e. The summed E-state index contributed by atoms with van der Waals surface area (Å²) in [5.41, 5.74) is 2.50. The van der Waals surface area contributed by atoms with Crippen LogP contribution in [0.5, 0.6) is 0 Å². The molecule has 90 valence electrons. The molecule has 2 N–H and O–H groups in total. The first kappa shape index (κ1) is 12.8. The monoisotopic (exact) mass is 223 g/mol. The Bertz CT molecular complexity index is 196. The largest absolute Gasteiger partial charge is 0.325 e. The third-order valence-electron chi connectivity index (χ3n) is 3.59. The molecular formula is C11H20F3N. The molecule has 0 aromatic rings. The summed E-state index contributed by atoms with van der Waals surface area (Å²) >= 11 is 0. The molecule has 0 saturated heterocycles. The van der Waals surface area contributed by atoms with Crippen LogP contribution in [0.4, 0.5) is 13.2 Å². The highest BCUT2D eigenvalue weighted by Gasteiger charge is 2.54. The molecule has 1 fully saturated rings. The topological polar surface area (TPSA) is 26.0 Å². The van der Waals surface area contributed by atoms with E-state index in [1.807, 2.05) is 0 Å². The van der Waals surface area contributed by atoms with Crippen LogP contribution in [-0.4, -0.2) is 18.1 Å². The molecule has 0 radical (unpaired) electrons. The lowest BCUT2D eigenvalue weighted by atomic mass is 9.80. The van der Waals surface area contributed by atoms with E-state index in [9.17, 15) is 13.2 Å². The molecule has 0 bridgehead atoms. The fraction of sp³-hybridized carbons (Fsp3) is 1.00. The number of rotatable bonds is 3. The molecule has 4 heteroatoms. The molecule has 1 saturated carbocycles. The maximum Gasteiger partial charge on any atom is 0.293 e. The van der Waals surface area contributed by atoms with E-state index in [-0.39, 0.29) is 0 Å². The van der Waals surface area contributed by atoms with Crippen molar-refractivity contribution in [2.24, 2.45) is 11.7 Å². The van der Waals surface area contributed by atoms with Crippen LogP contribution in [0.15, 0.2) is 0 Å². The second-order valence-electron chi connectivity index (χ2n) is 4.67. The summed E-state index contributed by atoms with van der Waals surface area (Å²) in [6.45, 7) is 0.104. The van der Waals surface area contributed by atoms with E-state index in [0.717, 1.165) is 32.6 Å². The normalized spacial score (nSPS) is 24.6. The summed E-state index contributed by atoms with van der Waals surface area (Å²) < 4.78 is 40.8. The lowest BCUT2D eigenvalue weighted by Gasteiger charge is -2.36. The molecule has 0 aliphatic heterocycles. The lowest BCUT2D eigenvalue weighted by molar-refractivity contribution is -0.150. The van der Waals surface area contributed by atoms with Gasteiger partial charge in [0.2, 0.25) is 0 Å². The number of nitrogens with two attached hydrogens (primary N) is 1. The van der Waals surface area contributed by atoms with Gasteiger partial charge in [0.25, 0.3) is 5.92 Å². The van der Waals surface area contributed by atoms with Crippen LogP contribution < -0.4 is 5.73 Å². The highest BCUT2D eigenvalue weighted by atomic mass is 19.3. The molecule has 1 unspecified atom stereocenters. The second-order valence-corrected chi connectivity index (χ2v) is 4.67. The maximum absolute atomic E-state index is 14.1. The standard InChI is InChI=1S/C11H20F3N/c1-10(12,11(13,14)8-15)9-6-4-2-3-5-7-9/h9H,2-8,15H2,1H3. The van der Waals surface area contributed by atoms with E-state index < -0.39 is 24.1 Å². The van der Waals surface area contributed by atoms with Gasteiger partial charge in [0.15, 0.2) is 5.67 Å². The predicted molar refractivity (Wildman–Crippen MR) is 54.7 cm³/mol. The van der Waals surface area contributed by atoms with E-state index in [4.69, 9.17) is 5.73 Å². The molecule has 0 aromatic carbocycles. The Kier molecular flexibility index (Phi) is 4.04. The second kappa shape index (κ2) is 4.73. The Labute approximate surface area is 89.2 Å². The summed E-state index contributed by atoms with van der Waals surface area (Å²) in [6.07, 6.45) is 4.88. The average molecular weight is 223 g/mol. The first-order valence-electron chi connectivity index (χ1n) is 5.68. The number of hydrogen-bond acceptors (Lipinski definition) is 1. The zero-order valence-electron chi connectivity index (χ0n) is 9.24. The van der Waals surface area contributed by atoms with Gasteiger partial charge < -0.3 is 5.73 Å². The van der Waals surface area contributed by atoms with Crippen molar-refractivity contribution < 1.29 is 13.2 Å². The molecule has 1 atom stereocenters. The smallest absolute Gasteiger partial charge is 0.293 e. The molecule has 0 amide bonds. The van der Waals surface area contributed by atoms with Crippen molar-refractivity contribution in [3.05, 3.63) is 0 Å². The van der Waals surface area contributed by atoms with E-state index in [2.05, 4.69) is 0 Å².